The van der Waals surface area contributed by atoms with Gasteiger partial charge in [0.05, 0.1) is 0 Å². The van der Waals surface area contributed by atoms with Gasteiger partial charge in [0.1, 0.15) is 6.67 Å². The Kier molecular flexibility index (Phi) is 7.91. The normalized spacial score (nSPS) is 10.9. The van der Waals surface area contributed by atoms with Crippen LogP contribution in [0.3, 0.4) is 0 Å². The van der Waals surface area contributed by atoms with E-state index >= 15 is 0 Å². The molecule has 11 heavy (non-hydrogen) atoms. The fourth-order valence-electron chi connectivity index (χ4n) is 0.994. The van der Waals surface area contributed by atoms with Gasteiger partial charge in [-0.05, 0) is 18.9 Å². The van der Waals surface area contributed by atoms with Crippen molar-refractivity contribution in [2.45, 2.75) is 33.1 Å². The Morgan fingerprint density at radius 2 is 1.91 bits per heavy atom. The minimum atomic E-state index is -0.246. The summed E-state index contributed by atoms with van der Waals surface area (Å²) in [4.78, 5) is 0. The predicted molar refractivity (Wildman–Crippen MR) is 47.5 cm³/mol. The van der Waals surface area contributed by atoms with Crippen molar-refractivity contribution in [1.29, 1.82) is 0 Å². The standard InChI is InChI=1S/C9H20FN/c1-9(2)5-3-4-7-11-8-6-10/h9,11H,3-8H2,1-2H3. The van der Waals surface area contributed by atoms with E-state index in [9.17, 15) is 4.39 Å². The Balaban J connectivity index is 2.80. The largest absolute Gasteiger partial charge is 0.314 e. The molecule has 0 saturated carbocycles. The molecular weight excluding hydrogens is 141 g/mol. The first-order valence-corrected chi connectivity index (χ1v) is 4.54. The molecule has 0 unspecified atom stereocenters. The second-order valence-electron chi connectivity index (χ2n) is 3.33. The van der Waals surface area contributed by atoms with Gasteiger partial charge in [0.25, 0.3) is 0 Å². The van der Waals surface area contributed by atoms with E-state index < -0.39 is 0 Å². The number of rotatable bonds is 7. The molecule has 0 bridgehead atoms. The topological polar surface area (TPSA) is 12.0 Å². The van der Waals surface area contributed by atoms with Crippen LogP contribution in [-0.2, 0) is 0 Å². The van der Waals surface area contributed by atoms with Crippen molar-refractivity contribution < 1.29 is 4.39 Å². The highest BCUT2D eigenvalue weighted by atomic mass is 19.1. The highest BCUT2D eigenvalue weighted by Crippen LogP contribution is 2.04. The number of hydrogen-bond donors (Lipinski definition) is 1. The second kappa shape index (κ2) is 7.99. The molecule has 0 atom stereocenters. The van der Waals surface area contributed by atoms with Crippen LogP contribution in [0.4, 0.5) is 4.39 Å². The van der Waals surface area contributed by atoms with Crippen LogP contribution < -0.4 is 5.32 Å². The van der Waals surface area contributed by atoms with Gasteiger partial charge in [-0.2, -0.15) is 0 Å². The lowest BCUT2D eigenvalue weighted by molar-refractivity contribution is 0.456. The van der Waals surface area contributed by atoms with Crippen molar-refractivity contribution in [1.82, 2.24) is 5.32 Å². The summed E-state index contributed by atoms with van der Waals surface area (Å²) in [5.41, 5.74) is 0. The van der Waals surface area contributed by atoms with Gasteiger partial charge in [-0.25, -0.2) is 4.39 Å². The van der Waals surface area contributed by atoms with Gasteiger partial charge >= 0.3 is 0 Å². The molecule has 0 aromatic carbocycles. The van der Waals surface area contributed by atoms with Crippen LogP contribution in [0.25, 0.3) is 0 Å². The Labute approximate surface area is 69.4 Å². The van der Waals surface area contributed by atoms with Crippen LogP contribution in [0.2, 0.25) is 0 Å². The molecular formula is C9H20FN. The zero-order chi connectivity index (χ0) is 8.53. The molecule has 0 aliphatic carbocycles. The Morgan fingerprint density at radius 3 is 2.45 bits per heavy atom. The number of alkyl halides is 1. The van der Waals surface area contributed by atoms with Crippen molar-refractivity contribution in [3.05, 3.63) is 0 Å². The zero-order valence-corrected chi connectivity index (χ0v) is 7.70. The van der Waals surface area contributed by atoms with E-state index in [1.165, 1.54) is 19.3 Å². The van der Waals surface area contributed by atoms with Gasteiger partial charge in [-0.3, -0.25) is 0 Å². The minimum absolute atomic E-state index is 0.246. The lowest BCUT2D eigenvalue weighted by Crippen LogP contribution is -2.17. The summed E-state index contributed by atoms with van der Waals surface area (Å²) < 4.78 is 11.6. The summed E-state index contributed by atoms with van der Waals surface area (Å²) in [6.45, 7) is 5.70. The van der Waals surface area contributed by atoms with Crippen LogP contribution in [-0.4, -0.2) is 19.8 Å². The average molecular weight is 161 g/mol. The highest BCUT2D eigenvalue weighted by Gasteiger charge is 1.93. The Hall–Kier alpha value is -0.110. The molecule has 0 aromatic heterocycles. The molecule has 0 saturated heterocycles. The second-order valence-corrected chi connectivity index (χ2v) is 3.33. The van der Waals surface area contributed by atoms with E-state index in [4.69, 9.17) is 0 Å². The van der Waals surface area contributed by atoms with Crippen molar-refractivity contribution in [2.75, 3.05) is 19.8 Å². The molecule has 1 N–H and O–H groups in total. The summed E-state index contributed by atoms with van der Waals surface area (Å²) in [5.74, 6) is 0.802. The molecule has 0 heterocycles. The van der Waals surface area contributed by atoms with Crippen LogP contribution in [0.1, 0.15) is 33.1 Å². The molecule has 0 rings (SSSR count). The first kappa shape index (κ1) is 10.9. The van der Waals surface area contributed by atoms with Gasteiger partial charge in [0.2, 0.25) is 0 Å². The van der Waals surface area contributed by atoms with Crippen molar-refractivity contribution in [3.8, 4) is 0 Å². The van der Waals surface area contributed by atoms with Gasteiger partial charge in [-0.15, -0.1) is 0 Å². The van der Waals surface area contributed by atoms with E-state index in [0.29, 0.717) is 6.54 Å². The summed E-state index contributed by atoms with van der Waals surface area (Å²) in [7, 11) is 0. The van der Waals surface area contributed by atoms with Crippen LogP contribution in [0.5, 0.6) is 0 Å². The van der Waals surface area contributed by atoms with Crippen LogP contribution in [0.15, 0.2) is 0 Å². The highest BCUT2D eigenvalue weighted by molar-refractivity contribution is 4.50. The van der Waals surface area contributed by atoms with Gasteiger partial charge < -0.3 is 5.32 Å². The molecule has 0 radical (unpaired) electrons. The summed E-state index contributed by atoms with van der Waals surface area (Å²) in [6, 6.07) is 0. The van der Waals surface area contributed by atoms with E-state index in [1.54, 1.807) is 0 Å². The van der Waals surface area contributed by atoms with Crippen LogP contribution in [0, 0.1) is 5.92 Å². The molecule has 0 aliphatic rings. The third-order valence-corrected chi connectivity index (χ3v) is 1.66. The van der Waals surface area contributed by atoms with Crippen molar-refractivity contribution in [3.63, 3.8) is 0 Å². The van der Waals surface area contributed by atoms with Crippen molar-refractivity contribution in [2.24, 2.45) is 5.92 Å². The molecule has 0 fully saturated rings. The maximum Gasteiger partial charge on any atom is 0.102 e. The quantitative estimate of drug-likeness (QED) is 0.565. The monoisotopic (exact) mass is 161 g/mol. The maximum absolute atomic E-state index is 11.6. The van der Waals surface area contributed by atoms with Gasteiger partial charge in [-0.1, -0.05) is 26.7 Å². The summed E-state index contributed by atoms with van der Waals surface area (Å²) in [6.07, 6.45) is 3.73. The predicted octanol–water partition coefficient (Wildman–Crippen LogP) is 2.37. The molecule has 0 spiro atoms. The third kappa shape index (κ3) is 9.89. The summed E-state index contributed by atoms with van der Waals surface area (Å²) >= 11 is 0. The minimum Gasteiger partial charge on any atom is -0.314 e. The lowest BCUT2D eigenvalue weighted by atomic mass is 10.1. The first-order valence-electron chi connectivity index (χ1n) is 4.54. The van der Waals surface area contributed by atoms with Gasteiger partial charge in [0, 0.05) is 6.54 Å². The number of nitrogens with one attached hydrogen (secondary N) is 1. The first-order chi connectivity index (χ1) is 5.27. The number of hydrogen-bond acceptors (Lipinski definition) is 1. The van der Waals surface area contributed by atoms with Crippen LogP contribution >= 0.6 is 0 Å². The Morgan fingerprint density at radius 1 is 1.18 bits per heavy atom. The molecule has 0 amide bonds. The molecule has 68 valence electrons. The molecule has 1 nitrogen and oxygen atoms in total. The third-order valence-electron chi connectivity index (χ3n) is 1.66. The molecule has 0 aromatic rings. The van der Waals surface area contributed by atoms with E-state index in [2.05, 4.69) is 19.2 Å². The van der Waals surface area contributed by atoms with Crippen molar-refractivity contribution >= 4 is 0 Å². The Bertz CT molecular complexity index is 74.0. The fourth-order valence-corrected chi connectivity index (χ4v) is 0.994. The molecule has 2 heteroatoms. The molecule has 0 aliphatic heterocycles. The van der Waals surface area contributed by atoms with E-state index in [-0.39, 0.29) is 6.67 Å². The fraction of sp³-hybridized carbons (Fsp3) is 1.00. The van der Waals surface area contributed by atoms with E-state index in [1.807, 2.05) is 0 Å². The lowest BCUT2D eigenvalue weighted by Gasteiger charge is -2.04. The van der Waals surface area contributed by atoms with E-state index in [0.717, 1.165) is 12.5 Å². The number of unbranched alkanes of at least 4 members (excludes halogenated alkanes) is 1. The number of halogens is 1. The average Bonchev–Trinajstić information content (AvgIpc) is 1.96. The smallest absolute Gasteiger partial charge is 0.102 e. The maximum atomic E-state index is 11.6. The zero-order valence-electron chi connectivity index (χ0n) is 7.70. The summed E-state index contributed by atoms with van der Waals surface area (Å²) in [5, 5.41) is 3.03. The van der Waals surface area contributed by atoms with Gasteiger partial charge in [0.15, 0.2) is 0 Å². The SMILES string of the molecule is CC(C)CCCCNCCF.